The third-order valence-corrected chi connectivity index (χ3v) is 4.74. The van der Waals surface area contributed by atoms with Gasteiger partial charge in [0.05, 0.1) is 16.6 Å². The van der Waals surface area contributed by atoms with E-state index in [4.69, 9.17) is 5.11 Å². The van der Waals surface area contributed by atoms with E-state index in [2.05, 4.69) is 10.3 Å². The molecule has 0 radical (unpaired) electrons. The molecule has 0 spiro atoms. The second kappa shape index (κ2) is 5.80. The fraction of sp³-hybridized carbons (Fsp3) is 0.692. The van der Waals surface area contributed by atoms with Crippen LogP contribution in [0.2, 0.25) is 0 Å². The molecular formula is C13H20N2O2S. The number of aryl methyl sites for hydroxylation is 2. The van der Waals surface area contributed by atoms with Gasteiger partial charge < -0.3 is 10.4 Å². The van der Waals surface area contributed by atoms with Gasteiger partial charge in [-0.25, -0.2) is 4.98 Å². The van der Waals surface area contributed by atoms with Crippen LogP contribution < -0.4 is 5.32 Å². The van der Waals surface area contributed by atoms with Crippen LogP contribution in [0.5, 0.6) is 0 Å². The molecular weight excluding hydrogens is 248 g/mol. The molecule has 0 saturated heterocycles. The summed E-state index contributed by atoms with van der Waals surface area (Å²) >= 11 is 1.71. The summed E-state index contributed by atoms with van der Waals surface area (Å²) in [5.41, 5.74) is 1.09. The molecule has 0 bridgehead atoms. The molecule has 1 saturated carbocycles. The van der Waals surface area contributed by atoms with Gasteiger partial charge in [-0.05, 0) is 39.2 Å². The lowest BCUT2D eigenvalue weighted by Crippen LogP contribution is -2.28. The van der Waals surface area contributed by atoms with Crippen LogP contribution in [0.3, 0.4) is 0 Å². The molecule has 0 aromatic carbocycles. The van der Waals surface area contributed by atoms with E-state index in [1.807, 2.05) is 13.8 Å². The number of aliphatic carboxylic acids is 1. The van der Waals surface area contributed by atoms with Gasteiger partial charge in [0.25, 0.3) is 0 Å². The van der Waals surface area contributed by atoms with Crippen molar-refractivity contribution in [1.82, 2.24) is 10.3 Å². The first-order chi connectivity index (χ1) is 8.58. The number of rotatable bonds is 5. The molecule has 0 aliphatic heterocycles. The Balaban J connectivity index is 1.82. The van der Waals surface area contributed by atoms with Crippen molar-refractivity contribution in [3.8, 4) is 0 Å². The maximum atomic E-state index is 11.1. The first-order valence-electron chi connectivity index (χ1n) is 6.44. The van der Waals surface area contributed by atoms with Gasteiger partial charge in [-0.3, -0.25) is 4.79 Å². The van der Waals surface area contributed by atoms with Crippen LogP contribution >= 0.6 is 11.3 Å². The van der Waals surface area contributed by atoms with Gasteiger partial charge in [-0.1, -0.05) is 6.42 Å². The summed E-state index contributed by atoms with van der Waals surface area (Å²) in [5, 5.41) is 13.6. The van der Waals surface area contributed by atoms with E-state index in [0.29, 0.717) is 0 Å². The zero-order chi connectivity index (χ0) is 13.1. The van der Waals surface area contributed by atoms with Gasteiger partial charge >= 0.3 is 5.97 Å². The molecule has 100 valence electrons. The lowest BCUT2D eigenvalue weighted by Gasteiger charge is -2.16. The second-order valence-electron chi connectivity index (χ2n) is 5.01. The summed E-state index contributed by atoms with van der Waals surface area (Å²) in [6.45, 7) is 5.64. The van der Waals surface area contributed by atoms with Crippen LogP contribution in [0.4, 0.5) is 0 Å². The van der Waals surface area contributed by atoms with E-state index >= 15 is 0 Å². The molecule has 2 N–H and O–H groups in total. The lowest BCUT2D eigenvalue weighted by atomic mass is 9.96. The average Bonchev–Trinajstić information content (AvgIpc) is 2.86. The maximum absolute atomic E-state index is 11.1. The van der Waals surface area contributed by atoms with Gasteiger partial charge in [0.2, 0.25) is 0 Å². The Bertz CT molecular complexity index is 431. The first kappa shape index (κ1) is 13.5. The molecule has 1 aliphatic carbocycles. The van der Waals surface area contributed by atoms with E-state index in [0.717, 1.165) is 43.1 Å². The highest BCUT2D eigenvalue weighted by molar-refractivity contribution is 7.11. The average molecular weight is 268 g/mol. The highest BCUT2D eigenvalue weighted by Gasteiger charge is 2.32. The van der Waals surface area contributed by atoms with Crippen LogP contribution in [0.1, 0.15) is 34.8 Å². The Labute approximate surface area is 111 Å². The maximum Gasteiger partial charge on any atom is 0.306 e. The van der Waals surface area contributed by atoms with Gasteiger partial charge in [0.1, 0.15) is 0 Å². The zero-order valence-corrected chi connectivity index (χ0v) is 11.7. The van der Waals surface area contributed by atoms with Crippen molar-refractivity contribution in [3.05, 3.63) is 15.6 Å². The van der Waals surface area contributed by atoms with E-state index in [1.165, 1.54) is 4.88 Å². The minimum atomic E-state index is -0.635. The number of carbonyl (C=O) groups is 1. The number of hydrogen-bond acceptors (Lipinski definition) is 4. The predicted molar refractivity (Wildman–Crippen MR) is 71.8 cm³/mol. The van der Waals surface area contributed by atoms with Crippen molar-refractivity contribution >= 4 is 17.3 Å². The Morgan fingerprint density at radius 2 is 2.28 bits per heavy atom. The Morgan fingerprint density at radius 1 is 1.50 bits per heavy atom. The number of carboxylic acids is 1. The van der Waals surface area contributed by atoms with Gasteiger partial charge in [0, 0.05) is 11.4 Å². The predicted octanol–water partition coefficient (Wildman–Crippen LogP) is 2.35. The number of hydrogen-bond donors (Lipinski definition) is 2. The van der Waals surface area contributed by atoms with Crippen LogP contribution in [0.15, 0.2) is 0 Å². The normalized spacial score (nSPS) is 23.4. The van der Waals surface area contributed by atoms with Crippen molar-refractivity contribution in [1.29, 1.82) is 0 Å². The molecule has 1 aromatic heterocycles. The molecule has 2 unspecified atom stereocenters. The number of aromatic nitrogens is 1. The number of nitrogens with zero attached hydrogens (tertiary/aromatic N) is 1. The highest BCUT2D eigenvalue weighted by Crippen LogP contribution is 2.31. The Hall–Kier alpha value is -0.940. The third-order valence-electron chi connectivity index (χ3n) is 3.67. The van der Waals surface area contributed by atoms with Crippen LogP contribution in [-0.4, -0.2) is 22.6 Å². The van der Waals surface area contributed by atoms with E-state index in [1.54, 1.807) is 11.3 Å². The third kappa shape index (κ3) is 3.09. The summed E-state index contributed by atoms with van der Waals surface area (Å²) in [4.78, 5) is 16.7. The highest BCUT2D eigenvalue weighted by atomic mass is 32.1. The molecule has 2 rings (SSSR count). The Morgan fingerprint density at radius 3 is 2.89 bits per heavy atom. The molecule has 5 heteroatoms. The fourth-order valence-corrected chi connectivity index (χ4v) is 3.62. The van der Waals surface area contributed by atoms with Crippen molar-refractivity contribution in [2.75, 3.05) is 6.54 Å². The Kier molecular flexibility index (Phi) is 4.35. The first-order valence-corrected chi connectivity index (χ1v) is 7.26. The van der Waals surface area contributed by atoms with Crippen molar-refractivity contribution in [2.24, 2.45) is 11.8 Å². The number of thiazole rings is 1. The standard InChI is InChI=1S/C13H20N2O2S/c1-8-12(18-9(2)15-8)7-14-6-10-4-3-5-11(10)13(16)17/h10-11,14H,3-7H2,1-2H3,(H,16,17). The minimum Gasteiger partial charge on any atom is -0.481 e. The zero-order valence-electron chi connectivity index (χ0n) is 10.9. The lowest BCUT2D eigenvalue weighted by molar-refractivity contribution is -0.142. The molecule has 0 amide bonds. The summed E-state index contributed by atoms with van der Waals surface area (Å²) in [7, 11) is 0. The van der Waals surface area contributed by atoms with Crippen molar-refractivity contribution < 1.29 is 9.90 Å². The number of nitrogens with one attached hydrogen (secondary N) is 1. The molecule has 1 aliphatic rings. The van der Waals surface area contributed by atoms with Gasteiger partial charge in [-0.15, -0.1) is 11.3 Å². The topological polar surface area (TPSA) is 62.2 Å². The van der Waals surface area contributed by atoms with Crippen LogP contribution in [0.25, 0.3) is 0 Å². The van der Waals surface area contributed by atoms with Crippen molar-refractivity contribution in [2.45, 2.75) is 39.7 Å². The molecule has 4 nitrogen and oxygen atoms in total. The summed E-state index contributed by atoms with van der Waals surface area (Å²) < 4.78 is 0. The van der Waals surface area contributed by atoms with Gasteiger partial charge in [-0.2, -0.15) is 0 Å². The quantitative estimate of drug-likeness (QED) is 0.860. The molecule has 1 aromatic rings. The largest absolute Gasteiger partial charge is 0.481 e. The van der Waals surface area contributed by atoms with Crippen molar-refractivity contribution in [3.63, 3.8) is 0 Å². The summed E-state index contributed by atoms with van der Waals surface area (Å²) in [6.07, 6.45) is 2.91. The number of carboxylic acid groups (broad SMARTS) is 1. The SMILES string of the molecule is Cc1nc(C)c(CNCC2CCCC2C(=O)O)s1. The minimum absolute atomic E-state index is 0.151. The van der Waals surface area contributed by atoms with Gasteiger partial charge in [0.15, 0.2) is 0 Å². The molecule has 2 atom stereocenters. The molecule has 1 fully saturated rings. The van der Waals surface area contributed by atoms with E-state index < -0.39 is 5.97 Å². The second-order valence-corrected chi connectivity index (χ2v) is 6.30. The van der Waals surface area contributed by atoms with E-state index in [9.17, 15) is 4.79 Å². The smallest absolute Gasteiger partial charge is 0.306 e. The molecule has 1 heterocycles. The summed E-state index contributed by atoms with van der Waals surface area (Å²) in [6, 6.07) is 0. The monoisotopic (exact) mass is 268 g/mol. The van der Waals surface area contributed by atoms with Crippen LogP contribution in [-0.2, 0) is 11.3 Å². The fourth-order valence-electron chi connectivity index (χ4n) is 2.71. The van der Waals surface area contributed by atoms with E-state index in [-0.39, 0.29) is 11.8 Å². The van der Waals surface area contributed by atoms with Crippen LogP contribution in [0, 0.1) is 25.7 Å². The summed E-state index contributed by atoms with van der Waals surface area (Å²) in [5.74, 6) is -0.497. The molecule has 18 heavy (non-hydrogen) atoms.